The molecule has 8 nitrogen and oxygen atoms in total. The Hall–Kier alpha value is -2.47. The summed E-state index contributed by atoms with van der Waals surface area (Å²) in [7, 11) is -2.35. The number of nitrogens with one attached hydrogen (secondary N) is 1. The lowest BCUT2D eigenvalue weighted by atomic mass is 10.0. The molecule has 190 valence electrons. The van der Waals surface area contributed by atoms with Gasteiger partial charge in [-0.25, -0.2) is 13.2 Å². The third-order valence-corrected chi connectivity index (χ3v) is 9.05. The lowest BCUT2D eigenvalue weighted by Crippen LogP contribution is -2.50. The van der Waals surface area contributed by atoms with Crippen LogP contribution in [0.1, 0.15) is 10.4 Å². The van der Waals surface area contributed by atoms with Crippen LogP contribution in [0, 0.1) is 0 Å². The number of nitrogens with zero attached hydrogens (tertiary/aromatic N) is 2. The molecule has 0 saturated carbocycles. The summed E-state index contributed by atoms with van der Waals surface area (Å²) in [5, 5.41) is 6.02. The standard InChI is InChI=1S/C24H23Cl2N3O5S2/c1-34-24(31)22-20(16-2-4-17(25)5-3-16)15-35-23(22)27-21(30)14-28-10-12-29(13-11-28)36(32,33)19-8-6-18(26)7-9-19/h2-9,15H,10-14H2,1H3,(H,27,30). The van der Waals surface area contributed by atoms with Gasteiger partial charge in [0.2, 0.25) is 15.9 Å². The Morgan fingerprint density at radius 2 is 1.56 bits per heavy atom. The fourth-order valence-electron chi connectivity index (χ4n) is 3.85. The molecular weight excluding hydrogens is 545 g/mol. The van der Waals surface area contributed by atoms with Crippen LogP contribution in [0.4, 0.5) is 5.00 Å². The molecule has 2 heterocycles. The Bertz CT molecular complexity index is 1350. The molecule has 4 rings (SSSR count). The first-order valence-electron chi connectivity index (χ1n) is 10.9. The molecule has 12 heteroatoms. The van der Waals surface area contributed by atoms with Crippen molar-refractivity contribution in [3.63, 3.8) is 0 Å². The quantitative estimate of drug-likeness (QED) is 0.423. The highest BCUT2D eigenvalue weighted by Crippen LogP contribution is 2.36. The molecule has 0 aliphatic carbocycles. The molecule has 1 aliphatic heterocycles. The minimum absolute atomic E-state index is 0.0592. The van der Waals surface area contributed by atoms with Crippen molar-refractivity contribution < 1.29 is 22.7 Å². The smallest absolute Gasteiger partial charge is 0.341 e. The zero-order valence-corrected chi connectivity index (χ0v) is 22.4. The number of hydrogen-bond donors (Lipinski definition) is 1. The minimum atomic E-state index is -3.63. The van der Waals surface area contributed by atoms with Crippen LogP contribution in [-0.4, -0.2) is 69.3 Å². The van der Waals surface area contributed by atoms with Gasteiger partial charge in [-0.1, -0.05) is 35.3 Å². The zero-order chi connectivity index (χ0) is 25.9. The topological polar surface area (TPSA) is 96.0 Å². The molecule has 1 aromatic heterocycles. The fraction of sp³-hybridized carbons (Fsp3) is 0.250. The molecule has 0 bridgehead atoms. The van der Waals surface area contributed by atoms with E-state index >= 15 is 0 Å². The molecule has 36 heavy (non-hydrogen) atoms. The number of amides is 1. The van der Waals surface area contributed by atoms with Crippen LogP contribution in [-0.2, 0) is 19.6 Å². The van der Waals surface area contributed by atoms with Crippen LogP contribution < -0.4 is 5.32 Å². The third-order valence-electron chi connectivity index (χ3n) is 5.74. The Kier molecular flexibility index (Phi) is 8.34. The average Bonchev–Trinajstić information content (AvgIpc) is 3.27. The van der Waals surface area contributed by atoms with Crippen LogP contribution in [0.3, 0.4) is 0 Å². The average molecular weight is 569 g/mol. The van der Waals surface area contributed by atoms with Gasteiger partial charge in [-0.05, 0) is 42.0 Å². The summed E-state index contributed by atoms with van der Waals surface area (Å²) >= 11 is 13.1. The normalized spacial score (nSPS) is 15.0. The van der Waals surface area contributed by atoms with Crippen LogP contribution in [0.15, 0.2) is 58.8 Å². The maximum absolute atomic E-state index is 12.9. The van der Waals surface area contributed by atoms with E-state index in [-0.39, 0.29) is 36.0 Å². The molecular formula is C24H23Cl2N3O5S2. The number of sulfonamides is 1. The first-order chi connectivity index (χ1) is 17.2. The Morgan fingerprint density at radius 1 is 0.972 bits per heavy atom. The lowest BCUT2D eigenvalue weighted by molar-refractivity contribution is -0.117. The number of anilines is 1. The summed E-state index contributed by atoms with van der Waals surface area (Å²) < 4.78 is 32.1. The number of piperazine rings is 1. The van der Waals surface area contributed by atoms with Gasteiger partial charge >= 0.3 is 5.97 Å². The van der Waals surface area contributed by atoms with Crippen molar-refractivity contribution in [2.75, 3.05) is 45.2 Å². The van der Waals surface area contributed by atoms with Crippen LogP contribution in [0.5, 0.6) is 0 Å². The van der Waals surface area contributed by atoms with Gasteiger partial charge in [-0.3, -0.25) is 9.69 Å². The van der Waals surface area contributed by atoms with E-state index in [2.05, 4.69) is 5.32 Å². The van der Waals surface area contributed by atoms with E-state index in [1.165, 1.54) is 34.9 Å². The molecule has 1 amide bonds. The van der Waals surface area contributed by atoms with E-state index in [1.54, 1.807) is 41.8 Å². The fourth-order valence-corrected chi connectivity index (χ4v) is 6.50. The van der Waals surface area contributed by atoms with Gasteiger partial charge < -0.3 is 10.1 Å². The van der Waals surface area contributed by atoms with Gasteiger partial charge in [0.1, 0.15) is 10.6 Å². The minimum Gasteiger partial charge on any atom is -0.465 e. The molecule has 2 aromatic carbocycles. The summed E-state index contributed by atoms with van der Waals surface area (Å²) in [6.07, 6.45) is 0. The predicted octanol–water partition coefficient (Wildman–Crippen LogP) is 4.45. The van der Waals surface area contributed by atoms with Gasteiger partial charge in [0, 0.05) is 47.2 Å². The predicted molar refractivity (Wildman–Crippen MR) is 141 cm³/mol. The van der Waals surface area contributed by atoms with Gasteiger partial charge in [0.25, 0.3) is 0 Å². The van der Waals surface area contributed by atoms with Gasteiger partial charge in [0.15, 0.2) is 0 Å². The monoisotopic (exact) mass is 567 g/mol. The number of methoxy groups -OCH3 is 1. The zero-order valence-electron chi connectivity index (χ0n) is 19.2. The first kappa shape index (κ1) is 26.6. The molecule has 0 spiro atoms. The first-order valence-corrected chi connectivity index (χ1v) is 14.0. The van der Waals surface area contributed by atoms with Crippen molar-refractivity contribution in [2.24, 2.45) is 0 Å². The molecule has 0 unspecified atom stereocenters. The highest BCUT2D eigenvalue weighted by molar-refractivity contribution is 7.89. The molecule has 1 fully saturated rings. The molecule has 0 atom stereocenters. The summed E-state index contributed by atoms with van der Waals surface area (Å²) in [4.78, 5) is 27.4. The number of rotatable bonds is 7. The number of halogens is 2. The van der Waals surface area contributed by atoms with E-state index in [0.29, 0.717) is 33.7 Å². The van der Waals surface area contributed by atoms with E-state index in [0.717, 1.165) is 5.56 Å². The highest BCUT2D eigenvalue weighted by atomic mass is 35.5. The third kappa shape index (κ3) is 5.91. The number of ether oxygens (including phenoxy) is 1. The number of carbonyl (C=O) groups excluding carboxylic acids is 2. The Balaban J connectivity index is 1.40. The van der Waals surface area contributed by atoms with Crippen LogP contribution in [0.25, 0.3) is 11.1 Å². The number of thiophene rings is 1. The van der Waals surface area contributed by atoms with Crippen molar-refractivity contribution in [3.8, 4) is 11.1 Å². The second-order valence-corrected chi connectivity index (χ2v) is 11.7. The second kappa shape index (κ2) is 11.3. The molecule has 1 N–H and O–H groups in total. The van der Waals surface area contributed by atoms with Crippen molar-refractivity contribution in [2.45, 2.75) is 4.90 Å². The summed E-state index contributed by atoms with van der Waals surface area (Å²) in [6.45, 7) is 1.36. The van der Waals surface area contributed by atoms with E-state index in [4.69, 9.17) is 27.9 Å². The number of hydrogen-bond acceptors (Lipinski definition) is 7. The number of esters is 1. The second-order valence-electron chi connectivity index (χ2n) is 8.03. The van der Waals surface area contributed by atoms with Crippen LogP contribution >= 0.6 is 34.5 Å². The highest BCUT2D eigenvalue weighted by Gasteiger charge is 2.29. The SMILES string of the molecule is COC(=O)c1c(-c2ccc(Cl)cc2)csc1NC(=O)CN1CCN(S(=O)(=O)c2ccc(Cl)cc2)CC1. The van der Waals surface area contributed by atoms with Gasteiger partial charge in [-0.2, -0.15) is 4.31 Å². The lowest BCUT2D eigenvalue weighted by Gasteiger charge is -2.33. The summed E-state index contributed by atoms with van der Waals surface area (Å²) in [5.41, 5.74) is 1.69. The van der Waals surface area contributed by atoms with E-state index in [1.807, 2.05) is 4.90 Å². The molecule has 1 aliphatic rings. The van der Waals surface area contributed by atoms with Gasteiger partial charge in [-0.15, -0.1) is 11.3 Å². The molecule has 1 saturated heterocycles. The summed E-state index contributed by atoms with van der Waals surface area (Å²) in [5.74, 6) is -0.865. The molecule has 3 aromatic rings. The van der Waals surface area contributed by atoms with Crippen LogP contribution in [0.2, 0.25) is 10.0 Å². The van der Waals surface area contributed by atoms with E-state index < -0.39 is 16.0 Å². The maximum atomic E-state index is 12.9. The van der Waals surface area contributed by atoms with Crippen molar-refractivity contribution in [1.29, 1.82) is 0 Å². The largest absolute Gasteiger partial charge is 0.465 e. The Morgan fingerprint density at radius 3 is 2.14 bits per heavy atom. The van der Waals surface area contributed by atoms with Crippen molar-refractivity contribution in [1.82, 2.24) is 9.21 Å². The maximum Gasteiger partial charge on any atom is 0.341 e. The van der Waals surface area contributed by atoms with Crippen molar-refractivity contribution in [3.05, 3.63) is 69.5 Å². The van der Waals surface area contributed by atoms with E-state index in [9.17, 15) is 18.0 Å². The number of carbonyl (C=O) groups is 2. The molecule has 0 radical (unpaired) electrons. The van der Waals surface area contributed by atoms with Gasteiger partial charge in [0.05, 0.1) is 18.6 Å². The number of benzene rings is 2. The van der Waals surface area contributed by atoms with Crippen molar-refractivity contribution >= 4 is 61.4 Å². The summed E-state index contributed by atoms with van der Waals surface area (Å²) in [6, 6.07) is 13.1. The Labute approximate surface area is 223 Å².